The van der Waals surface area contributed by atoms with Crippen LogP contribution in [0.1, 0.15) is 17.2 Å². The molecule has 39 heavy (non-hydrogen) atoms. The molecule has 0 spiro atoms. The number of aliphatic carboxylic acids is 1. The number of anilines is 1. The van der Waals surface area contributed by atoms with E-state index in [4.69, 9.17) is 26.4 Å². The van der Waals surface area contributed by atoms with Crippen LogP contribution in [0.25, 0.3) is 11.2 Å². The number of carboxylic acid groups (broad SMARTS) is 1. The summed E-state index contributed by atoms with van der Waals surface area (Å²) in [7, 11) is 0. The number of carboxylic acids is 1. The smallest absolute Gasteiger partial charge is 0.327 e. The van der Waals surface area contributed by atoms with Crippen LogP contribution in [-0.4, -0.2) is 55.5 Å². The molecular weight excluding hydrogens is 505 g/mol. The third-order valence-corrected chi connectivity index (χ3v) is 6.71. The molecule has 2 aromatic carbocycles. The minimum Gasteiger partial charge on any atom is -0.480 e. The van der Waals surface area contributed by atoms with Gasteiger partial charge < -0.3 is 29.6 Å². The van der Waals surface area contributed by atoms with Gasteiger partial charge in [0.25, 0.3) is 0 Å². The predicted octanol–water partition coefficient (Wildman–Crippen LogP) is 2.99. The zero-order valence-corrected chi connectivity index (χ0v) is 20.8. The number of nitrogens with two attached hydrogens (primary N) is 1. The lowest BCUT2D eigenvalue weighted by molar-refractivity contribution is -0.145. The van der Waals surface area contributed by atoms with Gasteiger partial charge in [0.05, 0.1) is 32.8 Å². The summed E-state index contributed by atoms with van der Waals surface area (Å²) in [6, 6.07) is 17.6. The van der Waals surface area contributed by atoms with Crippen molar-refractivity contribution in [2.24, 2.45) is 5.92 Å². The summed E-state index contributed by atoms with van der Waals surface area (Å²) in [5.41, 5.74) is 6.23. The van der Waals surface area contributed by atoms with E-state index in [0.29, 0.717) is 0 Å². The fourth-order valence-electron chi connectivity index (χ4n) is 4.84. The molecule has 1 fully saturated rings. The van der Waals surface area contributed by atoms with Crippen molar-refractivity contribution >= 4 is 23.0 Å². The quantitative estimate of drug-likeness (QED) is 0.234. The van der Waals surface area contributed by atoms with E-state index in [1.807, 2.05) is 60.7 Å². The number of halogens is 1. The molecule has 5 rings (SSSR count). The van der Waals surface area contributed by atoms with Gasteiger partial charge in [0.2, 0.25) is 0 Å². The molecule has 0 radical (unpaired) electrons. The lowest BCUT2D eigenvalue weighted by atomic mass is 9.86. The Hall–Kier alpha value is -4.37. The van der Waals surface area contributed by atoms with Crippen molar-refractivity contribution in [1.82, 2.24) is 19.5 Å². The van der Waals surface area contributed by atoms with Gasteiger partial charge >= 0.3 is 12.0 Å². The Bertz CT molecular complexity index is 1490. The van der Waals surface area contributed by atoms with E-state index in [-0.39, 0.29) is 43.4 Å². The van der Waals surface area contributed by atoms with Crippen LogP contribution in [0.2, 0.25) is 0 Å². The summed E-state index contributed by atoms with van der Waals surface area (Å²) >= 11 is 0. The highest BCUT2D eigenvalue weighted by atomic mass is 19.1. The molecule has 4 aromatic rings. The molecule has 0 bridgehead atoms. The first-order valence-corrected chi connectivity index (χ1v) is 12.2. The first kappa shape index (κ1) is 26.2. The van der Waals surface area contributed by atoms with Crippen LogP contribution < -0.4 is 5.73 Å². The lowest BCUT2D eigenvalue weighted by Gasteiger charge is -2.33. The summed E-state index contributed by atoms with van der Waals surface area (Å²) in [6.45, 7) is 0.301. The molecule has 1 aliphatic heterocycles. The first-order chi connectivity index (χ1) is 18.9. The number of fused-ring (bicyclic) bond motifs is 1. The topological polar surface area (TPSA) is 135 Å². The van der Waals surface area contributed by atoms with E-state index >= 15 is 0 Å². The van der Waals surface area contributed by atoms with E-state index in [1.54, 1.807) is 0 Å². The fraction of sp³-hybridized carbons (Fsp3) is 0.286. The molecule has 0 aliphatic carbocycles. The van der Waals surface area contributed by atoms with Crippen LogP contribution in [0.3, 0.4) is 0 Å². The lowest BCUT2D eigenvalue weighted by Crippen LogP contribution is -2.48. The van der Waals surface area contributed by atoms with Crippen molar-refractivity contribution in [3.05, 3.63) is 84.2 Å². The Morgan fingerprint density at radius 2 is 1.85 bits per heavy atom. The average Bonchev–Trinajstić information content (AvgIpc) is 3.51. The summed E-state index contributed by atoms with van der Waals surface area (Å²) in [5.74, 6) is 0.427. The van der Waals surface area contributed by atoms with E-state index in [2.05, 4.69) is 20.9 Å². The van der Waals surface area contributed by atoms with E-state index in [1.165, 1.54) is 10.9 Å². The van der Waals surface area contributed by atoms with Crippen molar-refractivity contribution in [1.29, 1.82) is 0 Å². The summed E-state index contributed by atoms with van der Waals surface area (Å²) in [6.07, 6.45) is 5.23. The molecule has 0 saturated carbocycles. The number of benzene rings is 2. The third kappa shape index (κ3) is 5.31. The number of terminal acetylenes is 1. The number of nitrogens with zero attached hydrogens (tertiary/aromatic N) is 4. The highest BCUT2D eigenvalue weighted by Crippen LogP contribution is 2.41. The molecule has 10 nitrogen and oxygen atoms in total. The summed E-state index contributed by atoms with van der Waals surface area (Å²) < 4.78 is 33.7. The van der Waals surface area contributed by atoms with Gasteiger partial charge in [-0.2, -0.15) is 14.4 Å². The molecule has 3 heterocycles. The van der Waals surface area contributed by atoms with Crippen LogP contribution in [0.5, 0.6) is 0 Å². The predicted molar refractivity (Wildman–Crippen MR) is 138 cm³/mol. The molecular formula is C28H26FN5O5. The second-order valence-corrected chi connectivity index (χ2v) is 9.19. The average molecular weight is 532 g/mol. The van der Waals surface area contributed by atoms with Crippen LogP contribution in [0.15, 0.2) is 67.0 Å². The standard InChI is InChI=1S/C28H26FN5O5/c1-2-28(16-37-13-18-9-5-3-6-10-18)23(38-14-19-11-7-4-8-12-19)20(15-39-28)22(26(35)36)34-17-31-21-24(30)32-27(29)33-25(21)34/h1,3-12,17,20,22-23H,13-16H2,(H,35,36)(H2,30,32,33)/t20-,22+,23-,28+/m0/s1. The minimum absolute atomic E-state index is 0.0465. The number of ether oxygens (including phenoxy) is 3. The SMILES string of the molecule is C#C[C@]1(COCc2ccccc2)OC[C@@H]([C@H](C(=O)O)n2cnc3c(N)nc(F)nc32)[C@@H]1OCc1ccccc1. The van der Waals surface area contributed by atoms with Crippen molar-refractivity contribution in [2.75, 3.05) is 18.9 Å². The number of hydrogen-bond acceptors (Lipinski definition) is 8. The van der Waals surface area contributed by atoms with Gasteiger partial charge in [-0.3, -0.25) is 0 Å². The first-order valence-electron chi connectivity index (χ1n) is 12.2. The van der Waals surface area contributed by atoms with Gasteiger partial charge in [-0.05, 0) is 11.1 Å². The van der Waals surface area contributed by atoms with Crippen molar-refractivity contribution in [3.8, 4) is 12.3 Å². The van der Waals surface area contributed by atoms with Crippen LogP contribution in [0.4, 0.5) is 10.2 Å². The highest BCUT2D eigenvalue weighted by molar-refractivity contribution is 5.83. The molecule has 0 unspecified atom stereocenters. The van der Waals surface area contributed by atoms with Crippen molar-refractivity contribution in [3.63, 3.8) is 0 Å². The fourth-order valence-corrected chi connectivity index (χ4v) is 4.84. The maximum atomic E-state index is 14.1. The molecule has 1 aliphatic rings. The number of nitrogen functional groups attached to an aromatic ring is 1. The Morgan fingerprint density at radius 3 is 2.49 bits per heavy atom. The molecule has 0 amide bonds. The number of aromatic nitrogens is 4. The van der Waals surface area contributed by atoms with Crippen LogP contribution in [0, 0.1) is 24.3 Å². The normalized spacial score (nSPS) is 21.5. The largest absolute Gasteiger partial charge is 0.480 e. The highest BCUT2D eigenvalue weighted by Gasteiger charge is 2.55. The second-order valence-electron chi connectivity index (χ2n) is 9.19. The van der Waals surface area contributed by atoms with Gasteiger partial charge in [0.1, 0.15) is 17.7 Å². The van der Waals surface area contributed by atoms with Crippen molar-refractivity contribution < 1.29 is 28.5 Å². The van der Waals surface area contributed by atoms with E-state index in [0.717, 1.165) is 11.1 Å². The Morgan fingerprint density at radius 1 is 1.18 bits per heavy atom. The van der Waals surface area contributed by atoms with Gasteiger partial charge in [0, 0.05) is 5.92 Å². The van der Waals surface area contributed by atoms with Gasteiger partial charge in [0.15, 0.2) is 17.1 Å². The second kappa shape index (κ2) is 11.2. The molecule has 11 heteroatoms. The van der Waals surface area contributed by atoms with Gasteiger partial charge in [-0.15, -0.1) is 6.42 Å². The summed E-state index contributed by atoms with van der Waals surface area (Å²) in [4.78, 5) is 24.1. The maximum absolute atomic E-state index is 14.1. The summed E-state index contributed by atoms with van der Waals surface area (Å²) in [5, 5.41) is 10.4. The third-order valence-electron chi connectivity index (χ3n) is 6.71. The van der Waals surface area contributed by atoms with Crippen LogP contribution in [-0.2, 0) is 32.2 Å². The van der Waals surface area contributed by atoms with Crippen LogP contribution >= 0.6 is 0 Å². The number of imidazole rings is 1. The number of carbonyl (C=O) groups is 1. The Balaban J connectivity index is 1.49. The molecule has 4 atom stereocenters. The number of rotatable bonds is 10. The molecule has 1 saturated heterocycles. The van der Waals surface area contributed by atoms with Crippen molar-refractivity contribution in [2.45, 2.75) is 31.0 Å². The number of hydrogen-bond donors (Lipinski definition) is 2. The molecule has 3 N–H and O–H groups in total. The molecule has 200 valence electrons. The minimum atomic E-state index is -1.39. The van der Waals surface area contributed by atoms with E-state index in [9.17, 15) is 14.3 Å². The van der Waals surface area contributed by atoms with E-state index < -0.39 is 35.7 Å². The Kier molecular flexibility index (Phi) is 7.51. The monoisotopic (exact) mass is 531 g/mol. The zero-order valence-electron chi connectivity index (χ0n) is 20.8. The molecule has 2 aromatic heterocycles. The van der Waals surface area contributed by atoms with Gasteiger partial charge in [-0.1, -0.05) is 66.6 Å². The maximum Gasteiger partial charge on any atom is 0.327 e. The zero-order chi connectivity index (χ0) is 27.4. The Labute approximate surface area is 223 Å². The van der Waals surface area contributed by atoms with Gasteiger partial charge in [-0.25, -0.2) is 9.78 Å².